The number of aliphatic hydroxyl groups excluding tert-OH is 1. The summed E-state index contributed by atoms with van der Waals surface area (Å²) in [5.74, 6) is 0. The van der Waals surface area contributed by atoms with E-state index in [1.165, 1.54) is 5.57 Å². The van der Waals surface area contributed by atoms with Gasteiger partial charge in [0.2, 0.25) is 0 Å². The molecule has 1 aliphatic carbocycles. The molecule has 0 spiro atoms. The maximum atomic E-state index is 9.35. The Labute approximate surface area is 69.1 Å². The molecule has 0 bridgehead atoms. The maximum absolute atomic E-state index is 9.35. The minimum absolute atomic E-state index is 0.0562. The van der Waals surface area contributed by atoms with Crippen LogP contribution in [0.5, 0.6) is 0 Å². The molecule has 0 radical (unpaired) electrons. The molecule has 1 rings (SSSR count). The first kappa shape index (κ1) is 8.79. The highest BCUT2D eigenvalue weighted by molar-refractivity contribution is 4.98. The average molecular weight is 154 g/mol. The molecule has 0 saturated heterocycles. The van der Waals surface area contributed by atoms with Gasteiger partial charge in [0.1, 0.15) is 0 Å². The highest BCUT2D eigenvalue weighted by Crippen LogP contribution is 2.42. The minimum Gasteiger partial charge on any atom is -0.393 e. The van der Waals surface area contributed by atoms with Gasteiger partial charge in [-0.15, -0.1) is 6.58 Å². The number of allylic oxidation sites excluding steroid dienone is 1. The molecule has 1 nitrogen and oxygen atoms in total. The topological polar surface area (TPSA) is 20.2 Å². The zero-order valence-corrected chi connectivity index (χ0v) is 7.56. The third kappa shape index (κ3) is 2.33. The van der Waals surface area contributed by atoms with E-state index in [-0.39, 0.29) is 6.10 Å². The number of hydrogen-bond acceptors (Lipinski definition) is 1. The second kappa shape index (κ2) is 2.98. The van der Waals surface area contributed by atoms with Crippen molar-refractivity contribution in [2.24, 2.45) is 5.41 Å². The van der Waals surface area contributed by atoms with Crippen LogP contribution in [0.2, 0.25) is 0 Å². The van der Waals surface area contributed by atoms with E-state index in [9.17, 15) is 5.11 Å². The summed E-state index contributed by atoms with van der Waals surface area (Å²) in [6, 6.07) is 0. The van der Waals surface area contributed by atoms with E-state index in [0.717, 1.165) is 25.7 Å². The predicted octanol–water partition coefficient (Wildman–Crippen LogP) is 2.50. The van der Waals surface area contributed by atoms with Gasteiger partial charge in [0.05, 0.1) is 6.10 Å². The lowest BCUT2D eigenvalue weighted by Gasteiger charge is -2.23. The van der Waals surface area contributed by atoms with Crippen molar-refractivity contribution in [3.05, 3.63) is 12.2 Å². The van der Waals surface area contributed by atoms with Crippen LogP contribution in [0.15, 0.2) is 12.2 Å². The average Bonchev–Trinajstić information content (AvgIpc) is 2.08. The van der Waals surface area contributed by atoms with Crippen LogP contribution in [0.25, 0.3) is 0 Å². The standard InChI is InChI=1S/C10H18O/c1-8(2)6-10(3)5-4-9(11)7-10/h9,11H,1,4-7H2,2-3H3. The van der Waals surface area contributed by atoms with Crippen molar-refractivity contribution in [3.8, 4) is 0 Å². The third-order valence-corrected chi connectivity index (χ3v) is 2.54. The fourth-order valence-corrected chi connectivity index (χ4v) is 2.18. The summed E-state index contributed by atoms with van der Waals surface area (Å²) < 4.78 is 0. The lowest BCUT2D eigenvalue weighted by atomic mass is 9.83. The van der Waals surface area contributed by atoms with Crippen LogP contribution in [0, 0.1) is 5.41 Å². The van der Waals surface area contributed by atoms with Crippen molar-refractivity contribution >= 4 is 0 Å². The predicted molar refractivity (Wildman–Crippen MR) is 47.4 cm³/mol. The van der Waals surface area contributed by atoms with Crippen LogP contribution in [-0.2, 0) is 0 Å². The Morgan fingerprint density at radius 3 is 2.73 bits per heavy atom. The molecule has 0 aliphatic heterocycles. The Kier molecular flexibility index (Phi) is 2.38. The molecule has 2 atom stereocenters. The molecular weight excluding hydrogens is 136 g/mol. The summed E-state index contributed by atoms with van der Waals surface area (Å²) in [6.45, 7) is 8.22. The van der Waals surface area contributed by atoms with Crippen molar-refractivity contribution in [1.82, 2.24) is 0 Å². The first-order valence-electron chi connectivity index (χ1n) is 4.34. The zero-order chi connectivity index (χ0) is 8.48. The van der Waals surface area contributed by atoms with Crippen LogP contribution in [0.3, 0.4) is 0 Å². The molecular formula is C10H18O. The molecule has 1 aliphatic rings. The fraction of sp³-hybridized carbons (Fsp3) is 0.800. The van der Waals surface area contributed by atoms with Gasteiger partial charge in [-0.05, 0) is 38.0 Å². The van der Waals surface area contributed by atoms with E-state index in [0.29, 0.717) is 5.41 Å². The van der Waals surface area contributed by atoms with Gasteiger partial charge in [-0.3, -0.25) is 0 Å². The minimum atomic E-state index is -0.0562. The van der Waals surface area contributed by atoms with Gasteiger partial charge in [-0.1, -0.05) is 12.5 Å². The van der Waals surface area contributed by atoms with Gasteiger partial charge in [0.15, 0.2) is 0 Å². The molecule has 0 heterocycles. The Bertz CT molecular complexity index is 162. The van der Waals surface area contributed by atoms with E-state index in [1.807, 2.05) is 0 Å². The summed E-state index contributed by atoms with van der Waals surface area (Å²) in [5.41, 5.74) is 1.58. The van der Waals surface area contributed by atoms with Crippen molar-refractivity contribution in [2.45, 2.75) is 45.6 Å². The zero-order valence-electron chi connectivity index (χ0n) is 7.56. The van der Waals surface area contributed by atoms with Gasteiger partial charge in [0, 0.05) is 0 Å². The first-order valence-corrected chi connectivity index (χ1v) is 4.34. The van der Waals surface area contributed by atoms with Crippen LogP contribution in [-0.4, -0.2) is 11.2 Å². The Balaban J connectivity index is 2.48. The summed E-state index contributed by atoms with van der Waals surface area (Å²) >= 11 is 0. The van der Waals surface area contributed by atoms with Crippen molar-refractivity contribution in [1.29, 1.82) is 0 Å². The molecule has 1 fully saturated rings. The summed E-state index contributed by atoms with van der Waals surface area (Å²) in [5, 5.41) is 9.35. The quantitative estimate of drug-likeness (QED) is 0.606. The van der Waals surface area contributed by atoms with E-state index < -0.39 is 0 Å². The number of aliphatic hydroxyl groups is 1. The van der Waals surface area contributed by atoms with E-state index in [1.54, 1.807) is 0 Å². The number of rotatable bonds is 2. The Hall–Kier alpha value is -0.300. The molecule has 0 amide bonds. The molecule has 0 aromatic rings. The van der Waals surface area contributed by atoms with Crippen molar-refractivity contribution in [2.75, 3.05) is 0 Å². The molecule has 1 saturated carbocycles. The van der Waals surface area contributed by atoms with E-state index >= 15 is 0 Å². The van der Waals surface area contributed by atoms with Crippen molar-refractivity contribution in [3.63, 3.8) is 0 Å². The first-order chi connectivity index (χ1) is 5.02. The normalized spacial score (nSPS) is 37.5. The van der Waals surface area contributed by atoms with Gasteiger partial charge in [0.25, 0.3) is 0 Å². The highest BCUT2D eigenvalue weighted by Gasteiger charge is 2.33. The second-order valence-electron chi connectivity index (χ2n) is 4.34. The van der Waals surface area contributed by atoms with Gasteiger partial charge in [-0.2, -0.15) is 0 Å². The lowest BCUT2D eigenvalue weighted by molar-refractivity contribution is 0.163. The second-order valence-corrected chi connectivity index (χ2v) is 4.34. The van der Waals surface area contributed by atoms with E-state index in [2.05, 4.69) is 20.4 Å². The number of hydrogen-bond donors (Lipinski definition) is 1. The summed E-state index contributed by atoms with van der Waals surface area (Å²) in [4.78, 5) is 0. The Morgan fingerprint density at radius 2 is 2.36 bits per heavy atom. The molecule has 64 valence electrons. The van der Waals surface area contributed by atoms with Crippen molar-refractivity contribution < 1.29 is 5.11 Å². The smallest absolute Gasteiger partial charge is 0.0545 e. The molecule has 11 heavy (non-hydrogen) atoms. The van der Waals surface area contributed by atoms with Crippen LogP contribution in [0.1, 0.15) is 39.5 Å². The van der Waals surface area contributed by atoms with Gasteiger partial charge >= 0.3 is 0 Å². The van der Waals surface area contributed by atoms with E-state index in [4.69, 9.17) is 0 Å². The Morgan fingerprint density at radius 1 is 1.73 bits per heavy atom. The third-order valence-electron chi connectivity index (χ3n) is 2.54. The van der Waals surface area contributed by atoms with Crippen LogP contribution < -0.4 is 0 Å². The lowest BCUT2D eigenvalue weighted by Crippen LogP contribution is -2.13. The largest absolute Gasteiger partial charge is 0.393 e. The molecule has 0 aromatic carbocycles. The summed E-state index contributed by atoms with van der Waals surface area (Å²) in [6.07, 6.45) is 4.11. The van der Waals surface area contributed by atoms with Crippen LogP contribution >= 0.6 is 0 Å². The van der Waals surface area contributed by atoms with Gasteiger partial charge in [-0.25, -0.2) is 0 Å². The van der Waals surface area contributed by atoms with Gasteiger partial charge < -0.3 is 5.11 Å². The summed E-state index contributed by atoms with van der Waals surface area (Å²) in [7, 11) is 0. The highest BCUT2D eigenvalue weighted by atomic mass is 16.3. The molecule has 1 heteroatoms. The maximum Gasteiger partial charge on any atom is 0.0545 e. The SMILES string of the molecule is C=C(C)CC1(C)CCC(O)C1. The molecule has 0 aromatic heterocycles. The monoisotopic (exact) mass is 154 g/mol. The fourth-order valence-electron chi connectivity index (χ4n) is 2.18. The molecule has 2 unspecified atom stereocenters. The molecule has 1 N–H and O–H groups in total. The van der Waals surface area contributed by atoms with Crippen LogP contribution in [0.4, 0.5) is 0 Å².